The van der Waals surface area contributed by atoms with Crippen molar-refractivity contribution >= 4 is 0 Å². The minimum Gasteiger partial charge on any atom is -0.330 e. The highest BCUT2D eigenvalue weighted by Crippen LogP contribution is 2.08. The molecule has 1 nitrogen and oxygen atoms in total. The smallest absolute Gasteiger partial charge is 0.00489 e. The topological polar surface area (TPSA) is 26.0 Å². The maximum atomic E-state index is 5.49. The molecular formula is C8H17N. The first-order chi connectivity index (χ1) is 4.35. The first-order valence-electron chi connectivity index (χ1n) is 3.66. The third-order valence-electron chi connectivity index (χ3n) is 1.69. The normalized spacial score (nSPS) is 13.1. The molecule has 0 aromatic carbocycles. The Balaban J connectivity index is 3.19. The molecule has 0 saturated carbocycles. The molecule has 2 N–H and O–H groups in total. The average molecular weight is 127 g/mol. The molecule has 0 aromatic rings. The highest BCUT2D eigenvalue weighted by molar-refractivity contribution is 4.69. The van der Waals surface area contributed by atoms with Gasteiger partial charge in [0.2, 0.25) is 0 Å². The van der Waals surface area contributed by atoms with Crippen LogP contribution in [0, 0.1) is 5.92 Å². The van der Waals surface area contributed by atoms with Crippen LogP contribution in [0.4, 0.5) is 0 Å². The van der Waals surface area contributed by atoms with Gasteiger partial charge in [0.05, 0.1) is 0 Å². The molecular weight excluding hydrogens is 110 g/mol. The fourth-order valence-electron chi connectivity index (χ4n) is 0.842. The summed E-state index contributed by atoms with van der Waals surface area (Å²) in [5.74, 6) is 0.711. The third kappa shape index (κ3) is 4.22. The summed E-state index contributed by atoms with van der Waals surface area (Å²) < 4.78 is 0. The van der Waals surface area contributed by atoms with Gasteiger partial charge >= 0.3 is 0 Å². The molecule has 54 valence electrons. The predicted octanol–water partition coefficient (Wildman–Crippen LogP) is 1.94. The summed E-state index contributed by atoms with van der Waals surface area (Å²) in [5.41, 5.74) is 5.49. The van der Waals surface area contributed by atoms with Crippen LogP contribution in [0.5, 0.6) is 0 Å². The highest BCUT2D eigenvalue weighted by atomic mass is 14.5. The molecule has 0 rings (SSSR count). The fourth-order valence-corrected chi connectivity index (χ4v) is 0.842. The van der Waals surface area contributed by atoms with Crippen molar-refractivity contribution in [2.45, 2.75) is 26.2 Å². The summed E-state index contributed by atoms with van der Waals surface area (Å²) in [6.07, 6.45) is 5.47. The second-order valence-electron chi connectivity index (χ2n) is 2.38. The molecule has 0 spiro atoms. The van der Waals surface area contributed by atoms with Crippen LogP contribution in [0.3, 0.4) is 0 Å². The molecule has 0 saturated heterocycles. The molecule has 9 heavy (non-hydrogen) atoms. The monoisotopic (exact) mass is 127 g/mol. The van der Waals surface area contributed by atoms with E-state index in [2.05, 4.69) is 13.5 Å². The minimum absolute atomic E-state index is 0.711. The zero-order valence-corrected chi connectivity index (χ0v) is 6.27. The van der Waals surface area contributed by atoms with Crippen molar-refractivity contribution in [2.24, 2.45) is 11.7 Å². The largest absolute Gasteiger partial charge is 0.330 e. The molecule has 0 aliphatic rings. The van der Waals surface area contributed by atoms with Gasteiger partial charge in [0, 0.05) is 0 Å². The summed E-state index contributed by atoms with van der Waals surface area (Å²) in [7, 11) is 0. The average Bonchev–Trinajstić information content (AvgIpc) is 1.91. The van der Waals surface area contributed by atoms with Crippen LogP contribution in [-0.2, 0) is 0 Å². The highest BCUT2D eigenvalue weighted by Gasteiger charge is 1.99. The number of rotatable bonds is 5. The van der Waals surface area contributed by atoms with E-state index in [1.165, 1.54) is 12.8 Å². The Morgan fingerprint density at radius 3 is 2.67 bits per heavy atom. The van der Waals surface area contributed by atoms with Gasteiger partial charge in [-0.3, -0.25) is 0 Å². The zero-order chi connectivity index (χ0) is 7.11. The molecule has 0 aliphatic heterocycles. The van der Waals surface area contributed by atoms with Gasteiger partial charge in [-0.1, -0.05) is 19.4 Å². The van der Waals surface area contributed by atoms with Gasteiger partial charge in [0.25, 0.3) is 0 Å². The molecule has 1 unspecified atom stereocenters. The fraction of sp³-hybridized carbons (Fsp3) is 0.750. The minimum atomic E-state index is 0.711. The van der Waals surface area contributed by atoms with Crippen LogP contribution < -0.4 is 5.73 Å². The quantitative estimate of drug-likeness (QED) is 0.561. The van der Waals surface area contributed by atoms with Gasteiger partial charge in [0.1, 0.15) is 0 Å². The molecule has 0 heterocycles. The van der Waals surface area contributed by atoms with Crippen LogP contribution in [0.15, 0.2) is 12.7 Å². The summed E-state index contributed by atoms with van der Waals surface area (Å²) in [6.45, 7) is 6.67. The number of nitrogens with two attached hydrogens (primary N) is 1. The lowest BCUT2D eigenvalue weighted by Gasteiger charge is -2.08. The lowest BCUT2D eigenvalue weighted by atomic mass is 10.0. The molecule has 0 amide bonds. The molecule has 1 atom stereocenters. The molecule has 0 aliphatic carbocycles. The summed E-state index contributed by atoms with van der Waals surface area (Å²) in [5, 5.41) is 0. The first kappa shape index (κ1) is 8.70. The number of hydrogen-bond acceptors (Lipinski definition) is 1. The van der Waals surface area contributed by atoms with E-state index in [1.807, 2.05) is 6.08 Å². The Hall–Kier alpha value is -0.300. The van der Waals surface area contributed by atoms with E-state index in [0.29, 0.717) is 5.92 Å². The van der Waals surface area contributed by atoms with Crippen molar-refractivity contribution in [2.75, 3.05) is 6.54 Å². The van der Waals surface area contributed by atoms with Crippen molar-refractivity contribution < 1.29 is 0 Å². The Labute approximate surface area is 57.9 Å². The molecule has 1 heteroatoms. The van der Waals surface area contributed by atoms with Crippen molar-refractivity contribution in [3.63, 3.8) is 0 Å². The predicted molar refractivity (Wildman–Crippen MR) is 42.3 cm³/mol. The Morgan fingerprint density at radius 2 is 2.33 bits per heavy atom. The standard InChI is InChI=1S/C8H17N/c1-3-5-6-8(4-2)7-9/h3,8H,1,4-7,9H2,2H3. The van der Waals surface area contributed by atoms with Gasteiger partial charge in [-0.2, -0.15) is 0 Å². The molecule has 0 aromatic heterocycles. The Kier molecular flexibility index (Phi) is 5.64. The van der Waals surface area contributed by atoms with E-state index in [9.17, 15) is 0 Å². The van der Waals surface area contributed by atoms with E-state index >= 15 is 0 Å². The second-order valence-corrected chi connectivity index (χ2v) is 2.38. The van der Waals surface area contributed by atoms with Crippen molar-refractivity contribution in [3.05, 3.63) is 12.7 Å². The van der Waals surface area contributed by atoms with Crippen molar-refractivity contribution in [1.29, 1.82) is 0 Å². The third-order valence-corrected chi connectivity index (χ3v) is 1.69. The summed E-state index contributed by atoms with van der Waals surface area (Å²) >= 11 is 0. The van der Waals surface area contributed by atoms with Crippen LogP contribution >= 0.6 is 0 Å². The van der Waals surface area contributed by atoms with E-state index in [1.54, 1.807) is 0 Å². The van der Waals surface area contributed by atoms with E-state index < -0.39 is 0 Å². The molecule has 0 radical (unpaired) electrons. The van der Waals surface area contributed by atoms with Crippen molar-refractivity contribution in [1.82, 2.24) is 0 Å². The molecule has 0 fully saturated rings. The zero-order valence-electron chi connectivity index (χ0n) is 6.27. The van der Waals surface area contributed by atoms with Gasteiger partial charge in [-0.15, -0.1) is 6.58 Å². The second kappa shape index (κ2) is 5.83. The van der Waals surface area contributed by atoms with Gasteiger partial charge < -0.3 is 5.73 Å². The van der Waals surface area contributed by atoms with E-state index in [-0.39, 0.29) is 0 Å². The van der Waals surface area contributed by atoms with Gasteiger partial charge in [0.15, 0.2) is 0 Å². The molecule has 0 bridgehead atoms. The van der Waals surface area contributed by atoms with Crippen LogP contribution in [-0.4, -0.2) is 6.54 Å². The van der Waals surface area contributed by atoms with Crippen LogP contribution in [0.25, 0.3) is 0 Å². The van der Waals surface area contributed by atoms with Gasteiger partial charge in [-0.25, -0.2) is 0 Å². The first-order valence-corrected chi connectivity index (χ1v) is 3.66. The van der Waals surface area contributed by atoms with Crippen LogP contribution in [0.1, 0.15) is 26.2 Å². The van der Waals surface area contributed by atoms with Crippen LogP contribution in [0.2, 0.25) is 0 Å². The summed E-state index contributed by atoms with van der Waals surface area (Å²) in [4.78, 5) is 0. The summed E-state index contributed by atoms with van der Waals surface area (Å²) in [6, 6.07) is 0. The van der Waals surface area contributed by atoms with E-state index in [0.717, 1.165) is 13.0 Å². The Bertz CT molecular complexity index is 65.0. The van der Waals surface area contributed by atoms with Crippen molar-refractivity contribution in [3.8, 4) is 0 Å². The SMILES string of the molecule is C=CCCC(CC)CN. The maximum Gasteiger partial charge on any atom is -0.00489 e. The maximum absolute atomic E-state index is 5.49. The number of allylic oxidation sites excluding steroid dienone is 1. The van der Waals surface area contributed by atoms with Gasteiger partial charge in [-0.05, 0) is 25.3 Å². The Morgan fingerprint density at radius 1 is 1.67 bits per heavy atom. The number of hydrogen-bond donors (Lipinski definition) is 1. The lowest BCUT2D eigenvalue weighted by molar-refractivity contribution is 0.486. The van der Waals surface area contributed by atoms with E-state index in [4.69, 9.17) is 5.73 Å². The lowest BCUT2D eigenvalue weighted by Crippen LogP contribution is -2.12.